The summed E-state index contributed by atoms with van der Waals surface area (Å²) < 4.78 is 5.44. The fraction of sp³-hybridized carbons (Fsp3) is 0.625. The van der Waals surface area contributed by atoms with E-state index in [4.69, 9.17) is 4.74 Å². The highest BCUT2D eigenvalue weighted by Crippen LogP contribution is 2.25. The number of ether oxygens (including phenoxy) is 1. The highest BCUT2D eigenvalue weighted by Gasteiger charge is 2.10. The van der Waals surface area contributed by atoms with E-state index in [1.165, 1.54) is 23.3 Å². The molecule has 0 spiro atoms. The molecule has 1 aromatic rings. The summed E-state index contributed by atoms with van der Waals surface area (Å²) in [5.41, 5.74) is 2.77. The summed E-state index contributed by atoms with van der Waals surface area (Å²) in [5, 5.41) is 3.52. The molecule has 2 nitrogen and oxygen atoms in total. The van der Waals surface area contributed by atoms with Gasteiger partial charge in [-0.3, -0.25) is 0 Å². The Hall–Kier alpha value is -0.670. The fourth-order valence-electron chi connectivity index (χ4n) is 1.75. The zero-order valence-corrected chi connectivity index (χ0v) is 13.7. The molecule has 0 atom stereocenters. The second kappa shape index (κ2) is 7.81. The van der Waals surface area contributed by atoms with Crippen molar-refractivity contribution < 1.29 is 4.74 Å². The Morgan fingerprint density at radius 2 is 2.00 bits per heavy atom. The normalized spacial score (nSPS) is 11.6. The van der Waals surface area contributed by atoms with Crippen molar-refractivity contribution >= 4 is 11.8 Å². The first kappa shape index (κ1) is 16.4. The lowest BCUT2D eigenvalue weighted by atomic mass is 10.1. The Bertz CT molecular complexity index is 385. The molecule has 0 bridgehead atoms. The molecule has 0 saturated carbocycles. The Kier molecular flexibility index (Phi) is 6.73. The molecule has 1 rings (SSSR count). The molecule has 3 heteroatoms. The van der Waals surface area contributed by atoms with Gasteiger partial charge < -0.3 is 10.1 Å². The monoisotopic (exact) mass is 281 g/mol. The maximum absolute atomic E-state index is 5.44. The van der Waals surface area contributed by atoms with Gasteiger partial charge >= 0.3 is 0 Å². The smallest absolute Gasteiger partial charge is 0.122 e. The third kappa shape index (κ3) is 6.35. The van der Waals surface area contributed by atoms with E-state index in [0.717, 1.165) is 18.0 Å². The van der Waals surface area contributed by atoms with Gasteiger partial charge in [0.05, 0.1) is 7.11 Å². The summed E-state index contributed by atoms with van der Waals surface area (Å²) in [6.07, 6.45) is 1.22. The van der Waals surface area contributed by atoms with Crippen LogP contribution >= 0.6 is 11.8 Å². The second-order valence-corrected chi connectivity index (χ2v) is 6.91. The van der Waals surface area contributed by atoms with Gasteiger partial charge in [0, 0.05) is 23.4 Å². The van der Waals surface area contributed by atoms with Crippen LogP contribution in [0.1, 0.15) is 45.2 Å². The standard InChI is InChI=1S/C16H27NOS/c1-6-9-19-12-14-10-13(7-8-15(14)18-5)11-17-16(2,3)4/h7-8,10,17H,6,9,11-12H2,1-5H3. The van der Waals surface area contributed by atoms with Gasteiger partial charge in [-0.2, -0.15) is 11.8 Å². The third-order valence-electron chi connectivity index (χ3n) is 2.77. The van der Waals surface area contributed by atoms with E-state index in [9.17, 15) is 0 Å². The number of rotatable bonds is 7. The van der Waals surface area contributed by atoms with Gasteiger partial charge in [-0.25, -0.2) is 0 Å². The van der Waals surface area contributed by atoms with E-state index in [1.54, 1.807) is 7.11 Å². The number of nitrogens with one attached hydrogen (secondary N) is 1. The second-order valence-electron chi connectivity index (χ2n) is 5.80. The predicted octanol–water partition coefficient (Wildman–Crippen LogP) is 4.23. The highest BCUT2D eigenvalue weighted by atomic mass is 32.2. The van der Waals surface area contributed by atoms with E-state index in [0.29, 0.717) is 0 Å². The van der Waals surface area contributed by atoms with Crippen molar-refractivity contribution in [3.8, 4) is 5.75 Å². The molecule has 0 aliphatic heterocycles. The molecule has 108 valence electrons. The molecule has 1 N–H and O–H groups in total. The predicted molar refractivity (Wildman–Crippen MR) is 86.0 cm³/mol. The number of hydrogen-bond donors (Lipinski definition) is 1. The zero-order chi connectivity index (χ0) is 14.3. The quantitative estimate of drug-likeness (QED) is 0.756. The van der Waals surface area contributed by atoms with Gasteiger partial charge in [-0.05, 0) is 50.6 Å². The Balaban J connectivity index is 2.71. The van der Waals surface area contributed by atoms with Gasteiger partial charge in [-0.15, -0.1) is 0 Å². The Morgan fingerprint density at radius 1 is 1.26 bits per heavy atom. The van der Waals surface area contributed by atoms with E-state index < -0.39 is 0 Å². The largest absolute Gasteiger partial charge is 0.496 e. The molecule has 19 heavy (non-hydrogen) atoms. The van der Waals surface area contributed by atoms with Crippen molar-refractivity contribution in [1.29, 1.82) is 0 Å². The summed E-state index contributed by atoms with van der Waals surface area (Å²) in [4.78, 5) is 0. The van der Waals surface area contributed by atoms with Gasteiger partial charge in [-0.1, -0.05) is 13.0 Å². The van der Waals surface area contributed by atoms with E-state index in [2.05, 4.69) is 51.2 Å². The van der Waals surface area contributed by atoms with Crippen LogP contribution in [0.15, 0.2) is 18.2 Å². The molecule has 0 aliphatic carbocycles. The van der Waals surface area contributed by atoms with Gasteiger partial charge in [0.1, 0.15) is 5.75 Å². The van der Waals surface area contributed by atoms with Crippen LogP contribution in [0, 0.1) is 0 Å². The molecular formula is C16H27NOS. The van der Waals surface area contributed by atoms with Crippen LogP contribution in [-0.4, -0.2) is 18.4 Å². The average molecular weight is 281 g/mol. The molecule has 0 amide bonds. The molecule has 0 unspecified atom stereocenters. The summed E-state index contributed by atoms with van der Waals surface area (Å²) in [6.45, 7) is 9.68. The molecule has 0 saturated heterocycles. The lowest BCUT2D eigenvalue weighted by molar-refractivity contribution is 0.409. The average Bonchev–Trinajstić information content (AvgIpc) is 2.36. The third-order valence-corrected chi connectivity index (χ3v) is 3.99. The van der Waals surface area contributed by atoms with Crippen LogP contribution in [0.25, 0.3) is 0 Å². The molecular weight excluding hydrogens is 254 g/mol. The van der Waals surface area contributed by atoms with Crippen molar-refractivity contribution in [2.24, 2.45) is 0 Å². The minimum absolute atomic E-state index is 0.150. The van der Waals surface area contributed by atoms with Crippen LogP contribution in [0.2, 0.25) is 0 Å². The lowest BCUT2D eigenvalue weighted by Crippen LogP contribution is -2.35. The van der Waals surface area contributed by atoms with Crippen molar-refractivity contribution in [2.75, 3.05) is 12.9 Å². The number of hydrogen-bond acceptors (Lipinski definition) is 3. The van der Waals surface area contributed by atoms with Gasteiger partial charge in [0.15, 0.2) is 0 Å². The minimum Gasteiger partial charge on any atom is -0.496 e. The first-order valence-electron chi connectivity index (χ1n) is 6.95. The van der Waals surface area contributed by atoms with Crippen molar-refractivity contribution in [2.45, 2.75) is 52.0 Å². The molecule has 1 aromatic carbocycles. The lowest BCUT2D eigenvalue weighted by Gasteiger charge is -2.21. The topological polar surface area (TPSA) is 21.3 Å². The Labute approximate surface area is 122 Å². The summed E-state index contributed by atoms with van der Waals surface area (Å²) in [5.74, 6) is 3.23. The van der Waals surface area contributed by atoms with Crippen LogP contribution in [0.5, 0.6) is 5.75 Å². The number of methoxy groups -OCH3 is 1. The molecule has 0 heterocycles. The van der Waals surface area contributed by atoms with E-state index >= 15 is 0 Å². The van der Waals surface area contributed by atoms with Crippen LogP contribution in [-0.2, 0) is 12.3 Å². The summed E-state index contributed by atoms with van der Waals surface area (Å²) in [6, 6.07) is 6.49. The van der Waals surface area contributed by atoms with E-state index in [-0.39, 0.29) is 5.54 Å². The number of benzene rings is 1. The molecule has 0 aromatic heterocycles. The molecule has 0 fully saturated rings. The maximum Gasteiger partial charge on any atom is 0.122 e. The van der Waals surface area contributed by atoms with Gasteiger partial charge in [0.25, 0.3) is 0 Å². The van der Waals surface area contributed by atoms with Crippen LogP contribution in [0.4, 0.5) is 0 Å². The van der Waals surface area contributed by atoms with Crippen LogP contribution in [0.3, 0.4) is 0 Å². The number of thioether (sulfide) groups is 1. The molecule has 0 radical (unpaired) electrons. The maximum atomic E-state index is 5.44. The van der Waals surface area contributed by atoms with Gasteiger partial charge in [0.2, 0.25) is 0 Å². The summed E-state index contributed by atoms with van der Waals surface area (Å²) >= 11 is 1.97. The van der Waals surface area contributed by atoms with Crippen molar-refractivity contribution in [1.82, 2.24) is 5.32 Å². The Morgan fingerprint density at radius 3 is 2.58 bits per heavy atom. The summed E-state index contributed by atoms with van der Waals surface area (Å²) in [7, 11) is 1.75. The van der Waals surface area contributed by atoms with Crippen LogP contribution < -0.4 is 10.1 Å². The minimum atomic E-state index is 0.150. The fourth-order valence-corrected chi connectivity index (χ4v) is 2.63. The highest BCUT2D eigenvalue weighted by molar-refractivity contribution is 7.98. The molecule has 0 aliphatic rings. The first-order valence-corrected chi connectivity index (χ1v) is 8.10. The first-order chi connectivity index (χ1) is 8.96. The van der Waals surface area contributed by atoms with Crippen molar-refractivity contribution in [3.63, 3.8) is 0 Å². The van der Waals surface area contributed by atoms with Crippen molar-refractivity contribution in [3.05, 3.63) is 29.3 Å². The SMILES string of the molecule is CCCSCc1cc(CNC(C)(C)C)ccc1OC. The van der Waals surface area contributed by atoms with E-state index in [1.807, 2.05) is 11.8 Å². The zero-order valence-electron chi connectivity index (χ0n) is 12.9.